The number of aliphatic hydroxyl groups excluding tert-OH is 2. The van der Waals surface area contributed by atoms with Gasteiger partial charge in [0.05, 0.1) is 13.2 Å². The molecule has 0 aromatic heterocycles. The molecule has 0 saturated heterocycles. The van der Waals surface area contributed by atoms with Crippen LogP contribution in [0.2, 0.25) is 0 Å². The predicted octanol–water partition coefficient (Wildman–Crippen LogP) is 0.350. The summed E-state index contributed by atoms with van der Waals surface area (Å²) in [5.41, 5.74) is 0.686. The van der Waals surface area contributed by atoms with E-state index in [-0.39, 0.29) is 19.8 Å². The molecule has 1 aromatic rings. The van der Waals surface area contributed by atoms with E-state index in [2.05, 4.69) is 6.07 Å². The number of aliphatic hydroxyl groups is 2. The molecule has 0 atom stereocenters. The zero-order chi connectivity index (χ0) is 8.81. The fraction of sp³-hybridized carbons (Fsp3) is 0.333. The van der Waals surface area contributed by atoms with Crippen molar-refractivity contribution in [3.63, 3.8) is 0 Å². The molecule has 0 amide bonds. The van der Waals surface area contributed by atoms with Crippen LogP contribution in [0.25, 0.3) is 0 Å². The van der Waals surface area contributed by atoms with Crippen molar-refractivity contribution in [3.05, 3.63) is 29.8 Å². The normalized spacial score (nSPS) is 9.83. The van der Waals surface area contributed by atoms with Crippen LogP contribution in [0.3, 0.4) is 0 Å². The Morgan fingerprint density at radius 3 is 2.92 bits per heavy atom. The van der Waals surface area contributed by atoms with E-state index in [0.29, 0.717) is 11.3 Å². The van der Waals surface area contributed by atoms with E-state index in [9.17, 15) is 0 Å². The first-order valence-electron chi connectivity index (χ1n) is 3.72. The zero-order valence-corrected chi connectivity index (χ0v) is 6.66. The summed E-state index contributed by atoms with van der Waals surface area (Å²) >= 11 is 0. The van der Waals surface area contributed by atoms with E-state index in [1.807, 2.05) is 0 Å². The maximum absolute atomic E-state index is 8.75. The van der Waals surface area contributed by atoms with Crippen LogP contribution in [0.5, 0.6) is 5.75 Å². The maximum atomic E-state index is 8.75. The van der Waals surface area contributed by atoms with Crippen molar-refractivity contribution < 1.29 is 14.9 Å². The second kappa shape index (κ2) is 4.74. The van der Waals surface area contributed by atoms with Gasteiger partial charge in [-0.3, -0.25) is 0 Å². The van der Waals surface area contributed by atoms with Gasteiger partial charge in [0.15, 0.2) is 0 Å². The predicted molar refractivity (Wildman–Crippen MR) is 43.8 cm³/mol. The van der Waals surface area contributed by atoms with Gasteiger partial charge in [0, 0.05) is 0 Å². The molecule has 65 valence electrons. The van der Waals surface area contributed by atoms with Crippen LogP contribution in [0.15, 0.2) is 18.2 Å². The van der Waals surface area contributed by atoms with Crippen molar-refractivity contribution in [2.24, 2.45) is 0 Å². The minimum Gasteiger partial charge on any atom is -0.491 e. The second-order valence-electron chi connectivity index (χ2n) is 2.28. The SMILES string of the molecule is OCCOc1cc[c]c(CO)c1. The number of benzene rings is 1. The van der Waals surface area contributed by atoms with Crippen LogP contribution in [-0.2, 0) is 6.61 Å². The summed E-state index contributed by atoms with van der Waals surface area (Å²) in [7, 11) is 0. The highest BCUT2D eigenvalue weighted by Gasteiger charge is 1.94. The molecule has 0 fully saturated rings. The molecular weight excluding hydrogens is 156 g/mol. The van der Waals surface area contributed by atoms with Crippen molar-refractivity contribution in [3.8, 4) is 5.75 Å². The topological polar surface area (TPSA) is 49.7 Å². The molecule has 1 rings (SSSR count). The molecule has 3 nitrogen and oxygen atoms in total. The third-order valence-electron chi connectivity index (χ3n) is 1.36. The van der Waals surface area contributed by atoms with Gasteiger partial charge in [0.25, 0.3) is 0 Å². The van der Waals surface area contributed by atoms with Gasteiger partial charge >= 0.3 is 0 Å². The highest BCUT2D eigenvalue weighted by Crippen LogP contribution is 2.12. The van der Waals surface area contributed by atoms with E-state index >= 15 is 0 Å². The van der Waals surface area contributed by atoms with Gasteiger partial charge in [-0.05, 0) is 23.8 Å². The monoisotopic (exact) mass is 167 g/mol. The third kappa shape index (κ3) is 2.53. The largest absolute Gasteiger partial charge is 0.491 e. The fourth-order valence-corrected chi connectivity index (χ4v) is 0.837. The van der Waals surface area contributed by atoms with Crippen molar-refractivity contribution in [2.45, 2.75) is 6.61 Å². The summed E-state index contributed by atoms with van der Waals surface area (Å²) in [4.78, 5) is 0. The van der Waals surface area contributed by atoms with Crippen LogP contribution in [0.1, 0.15) is 5.56 Å². The van der Waals surface area contributed by atoms with E-state index < -0.39 is 0 Å². The Hall–Kier alpha value is -1.06. The molecule has 12 heavy (non-hydrogen) atoms. The van der Waals surface area contributed by atoms with Gasteiger partial charge in [-0.25, -0.2) is 0 Å². The van der Waals surface area contributed by atoms with Gasteiger partial charge in [-0.2, -0.15) is 0 Å². The lowest BCUT2D eigenvalue weighted by atomic mass is 10.2. The number of hydrogen-bond donors (Lipinski definition) is 2. The van der Waals surface area contributed by atoms with Crippen LogP contribution >= 0.6 is 0 Å². The van der Waals surface area contributed by atoms with E-state index in [0.717, 1.165) is 0 Å². The van der Waals surface area contributed by atoms with Crippen LogP contribution < -0.4 is 4.74 Å². The minimum atomic E-state index is -0.0453. The summed E-state index contributed by atoms with van der Waals surface area (Å²) in [6.45, 7) is 0.221. The van der Waals surface area contributed by atoms with Crippen molar-refractivity contribution in [1.29, 1.82) is 0 Å². The van der Waals surface area contributed by atoms with Gasteiger partial charge in [0.2, 0.25) is 0 Å². The first kappa shape index (κ1) is 9.03. The van der Waals surface area contributed by atoms with Gasteiger partial charge < -0.3 is 14.9 Å². The Balaban J connectivity index is 2.60. The molecule has 0 unspecified atom stereocenters. The first-order valence-corrected chi connectivity index (χ1v) is 3.72. The quantitative estimate of drug-likeness (QED) is 0.680. The molecule has 0 aliphatic heterocycles. The maximum Gasteiger partial charge on any atom is 0.119 e. The van der Waals surface area contributed by atoms with Gasteiger partial charge in [-0.15, -0.1) is 0 Å². The Morgan fingerprint density at radius 1 is 1.42 bits per heavy atom. The average Bonchev–Trinajstić information content (AvgIpc) is 2.15. The van der Waals surface area contributed by atoms with E-state index in [1.165, 1.54) is 0 Å². The summed E-state index contributed by atoms with van der Waals surface area (Å²) in [5.74, 6) is 0.645. The van der Waals surface area contributed by atoms with E-state index in [1.54, 1.807) is 18.2 Å². The Bertz CT molecular complexity index is 235. The molecule has 0 heterocycles. The van der Waals surface area contributed by atoms with E-state index in [4.69, 9.17) is 14.9 Å². The summed E-state index contributed by atoms with van der Waals surface area (Å²) < 4.78 is 5.12. The Morgan fingerprint density at radius 2 is 2.25 bits per heavy atom. The van der Waals surface area contributed by atoms with Crippen LogP contribution in [-0.4, -0.2) is 23.4 Å². The lowest BCUT2D eigenvalue weighted by Gasteiger charge is -2.04. The Labute approximate surface area is 71.2 Å². The average molecular weight is 167 g/mol. The van der Waals surface area contributed by atoms with Crippen molar-refractivity contribution in [2.75, 3.05) is 13.2 Å². The Kier molecular flexibility index (Phi) is 3.57. The minimum absolute atomic E-state index is 0.00688. The van der Waals surface area contributed by atoms with Gasteiger partial charge in [0.1, 0.15) is 12.4 Å². The number of ether oxygens (including phenoxy) is 1. The molecular formula is C9H11O3. The molecule has 0 bridgehead atoms. The number of rotatable bonds is 4. The first-order chi connectivity index (χ1) is 5.86. The van der Waals surface area contributed by atoms with Crippen LogP contribution in [0.4, 0.5) is 0 Å². The standard InChI is InChI=1S/C9H11O3/c10-4-5-12-9-3-1-2-8(6-9)7-11/h1,3,6,10-11H,4-5,7H2. The molecule has 1 radical (unpaired) electrons. The molecule has 0 saturated carbocycles. The summed E-state index contributed by atoms with van der Waals surface area (Å²) in [5, 5.41) is 17.2. The fourth-order valence-electron chi connectivity index (χ4n) is 0.837. The second-order valence-corrected chi connectivity index (χ2v) is 2.28. The highest BCUT2D eigenvalue weighted by molar-refractivity contribution is 5.26. The summed E-state index contributed by atoms with van der Waals surface area (Å²) in [6.07, 6.45) is 0. The van der Waals surface area contributed by atoms with Crippen LogP contribution in [0, 0.1) is 6.07 Å². The smallest absolute Gasteiger partial charge is 0.119 e. The third-order valence-corrected chi connectivity index (χ3v) is 1.36. The molecule has 0 aliphatic rings. The molecule has 1 aromatic carbocycles. The number of hydrogen-bond acceptors (Lipinski definition) is 3. The molecule has 3 heteroatoms. The lowest BCUT2D eigenvalue weighted by molar-refractivity contribution is 0.201. The van der Waals surface area contributed by atoms with Crippen molar-refractivity contribution in [1.82, 2.24) is 0 Å². The van der Waals surface area contributed by atoms with Crippen molar-refractivity contribution >= 4 is 0 Å². The van der Waals surface area contributed by atoms with Gasteiger partial charge in [-0.1, -0.05) is 6.07 Å². The zero-order valence-electron chi connectivity index (χ0n) is 6.66. The summed E-state index contributed by atoms with van der Waals surface area (Å²) in [6, 6.07) is 7.94. The highest BCUT2D eigenvalue weighted by atomic mass is 16.5. The molecule has 0 aliphatic carbocycles. The lowest BCUT2D eigenvalue weighted by Crippen LogP contribution is -2.01. The molecule has 0 spiro atoms. The molecule has 2 N–H and O–H groups in total.